The van der Waals surface area contributed by atoms with Gasteiger partial charge in [0.1, 0.15) is 11.6 Å². The molecule has 16 heavy (non-hydrogen) atoms. The zero-order valence-electron chi connectivity index (χ0n) is 8.42. The van der Waals surface area contributed by atoms with Crippen LogP contribution in [0.1, 0.15) is 15.4 Å². The molecule has 5 heteroatoms. The van der Waals surface area contributed by atoms with Crippen molar-refractivity contribution in [3.8, 4) is 0 Å². The highest BCUT2D eigenvalue weighted by molar-refractivity contribution is 7.09. The molecule has 82 valence electrons. The molecule has 0 spiro atoms. The van der Waals surface area contributed by atoms with Gasteiger partial charge in [-0.1, -0.05) is 6.07 Å². The average Bonchev–Trinajstić information content (AvgIpc) is 2.78. The van der Waals surface area contributed by atoms with Crippen LogP contribution >= 0.6 is 11.3 Å². The minimum atomic E-state index is -0.387. The molecular weight excluding hydrogens is 224 g/mol. The van der Waals surface area contributed by atoms with Gasteiger partial charge in [-0.05, 0) is 18.2 Å². The summed E-state index contributed by atoms with van der Waals surface area (Å²) in [7, 11) is 0. The third-order valence-corrected chi connectivity index (χ3v) is 2.69. The summed E-state index contributed by atoms with van der Waals surface area (Å²) >= 11 is 1.45. The molecule has 2 aromatic rings. The SMILES string of the molecule is Nc1cccc(C(=O)OCc2nccs2)c1. The Labute approximate surface area is 96.7 Å². The third kappa shape index (κ3) is 2.58. The fourth-order valence-corrected chi connectivity index (χ4v) is 1.73. The van der Waals surface area contributed by atoms with Crippen molar-refractivity contribution in [2.45, 2.75) is 6.61 Å². The minimum Gasteiger partial charge on any atom is -0.455 e. The maximum atomic E-state index is 11.6. The number of thiazole rings is 1. The number of hydrogen-bond acceptors (Lipinski definition) is 5. The van der Waals surface area contributed by atoms with Gasteiger partial charge < -0.3 is 10.5 Å². The highest BCUT2D eigenvalue weighted by atomic mass is 32.1. The van der Waals surface area contributed by atoms with Crippen LogP contribution in [0.25, 0.3) is 0 Å². The van der Waals surface area contributed by atoms with E-state index in [1.54, 1.807) is 30.5 Å². The number of benzene rings is 1. The van der Waals surface area contributed by atoms with Crippen molar-refractivity contribution < 1.29 is 9.53 Å². The molecule has 4 nitrogen and oxygen atoms in total. The van der Waals surface area contributed by atoms with Crippen LogP contribution < -0.4 is 5.73 Å². The van der Waals surface area contributed by atoms with Crippen LogP contribution in [-0.4, -0.2) is 11.0 Å². The maximum absolute atomic E-state index is 11.6. The first kappa shape index (κ1) is 10.6. The van der Waals surface area contributed by atoms with Gasteiger partial charge in [-0.25, -0.2) is 9.78 Å². The lowest BCUT2D eigenvalue weighted by Gasteiger charge is -2.03. The van der Waals surface area contributed by atoms with Crippen LogP contribution in [0, 0.1) is 0 Å². The van der Waals surface area contributed by atoms with Gasteiger partial charge >= 0.3 is 5.97 Å². The van der Waals surface area contributed by atoms with E-state index in [0.717, 1.165) is 5.01 Å². The predicted octanol–water partition coefficient (Wildman–Crippen LogP) is 2.08. The van der Waals surface area contributed by atoms with Gasteiger partial charge in [0.2, 0.25) is 0 Å². The van der Waals surface area contributed by atoms with Gasteiger partial charge in [-0.2, -0.15) is 0 Å². The number of carbonyl (C=O) groups excluding carboxylic acids is 1. The van der Waals surface area contributed by atoms with Gasteiger partial charge in [0.25, 0.3) is 0 Å². The first-order chi connectivity index (χ1) is 7.75. The molecule has 0 saturated carbocycles. The first-order valence-electron chi connectivity index (χ1n) is 4.67. The molecular formula is C11H10N2O2S. The van der Waals surface area contributed by atoms with Crippen molar-refractivity contribution in [1.29, 1.82) is 0 Å². The Morgan fingerprint density at radius 3 is 3.06 bits per heavy atom. The molecule has 1 heterocycles. The highest BCUT2D eigenvalue weighted by Crippen LogP contribution is 2.10. The van der Waals surface area contributed by atoms with Crippen molar-refractivity contribution in [2.24, 2.45) is 0 Å². The summed E-state index contributed by atoms with van der Waals surface area (Å²) in [5.41, 5.74) is 6.57. The van der Waals surface area contributed by atoms with Crippen molar-refractivity contribution in [3.05, 3.63) is 46.4 Å². The lowest BCUT2D eigenvalue weighted by atomic mass is 10.2. The number of nitrogen functional groups attached to an aromatic ring is 1. The number of nitrogens with zero attached hydrogens (tertiary/aromatic N) is 1. The standard InChI is InChI=1S/C11H10N2O2S/c12-9-3-1-2-8(6-9)11(14)15-7-10-13-4-5-16-10/h1-6H,7,12H2. The van der Waals surface area contributed by atoms with E-state index in [2.05, 4.69) is 4.98 Å². The number of rotatable bonds is 3. The largest absolute Gasteiger partial charge is 0.455 e. The summed E-state index contributed by atoms with van der Waals surface area (Å²) in [6.07, 6.45) is 1.67. The summed E-state index contributed by atoms with van der Waals surface area (Å²) < 4.78 is 5.08. The number of ether oxygens (including phenoxy) is 1. The van der Waals surface area contributed by atoms with Crippen LogP contribution in [0.4, 0.5) is 5.69 Å². The lowest BCUT2D eigenvalue weighted by molar-refractivity contribution is 0.0472. The Hall–Kier alpha value is -1.88. The van der Waals surface area contributed by atoms with Gasteiger partial charge in [0.05, 0.1) is 5.56 Å². The molecule has 0 aliphatic carbocycles. The molecule has 0 amide bonds. The molecule has 0 saturated heterocycles. The highest BCUT2D eigenvalue weighted by Gasteiger charge is 2.07. The molecule has 2 rings (SSSR count). The summed E-state index contributed by atoms with van der Waals surface area (Å²) in [4.78, 5) is 15.6. The minimum absolute atomic E-state index is 0.200. The fraction of sp³-hybridized carbons (Fsp3) is 0.0909. The van der Waals surface area contributed by atoms with E-state index in [1.807, 2.05) is 5.38 Å². The molecule has 0 aliphatic rings. The number of anilines is 1. The predicted molar refractivity (Wildman–Crippen MR) is 62.1 cm³/mol. The normalized spacial score (nSPS) is 10.0. The van der Waals surface area contributed by atoms with Crippen molar-refractivity contribution in [3.63, 3.8) is 0 Å². The smallest absolute Gasteiger partial charge is 0.338 e. The molecule has 1 aromatic carbocycles. The molecule has 2 N–H and O–H groups in total. The fourth-order valence-electron chi connectivity index (χ4n) is 1.20. The summed E-state index contributed by atoms with van der Waals surface area (Å²) in [6.45, 7) is 0.200. The van der Waals surface area contributed by atoms with Gasteiger partial charge in [-0.15, -0.1) is 11.3 Å². The Bertz CT molecular complexity index is 482. The molecule has 1 aromatic heterocycles. The van der Waals surface area contributed by atoms with E-state index in [4.69, 9.17) is 10.5 Å². The van der Waals surface area contributed by atoms with E-state index < -0.39 is 0 Å². The van der Waals surface area contributed by atoms with E-state index in [0.29, 0.717) is 11.3 Å². The number of aromatic nitrogens is 1. The summed E-state index contributed by atoms with van der Waals surface area (Å²) in [6, 6.07) is 6.69. The Kier molecular flexibility index (Phi) is 3.16. The van der Waals surface area contributed by atoms with Crippen LogP contribution in [-0.2, 0) is 11.3 Å². The molecule has 0 atom stereocenters. The quantitative estimate of drug-likeness (QED) is 0.652. The van der Waals surface area contributed by atoms with E-state index in [9.17, 15) is 4.79 Å². The molecule has 0 aliphatic heterocycles. The molecule has 0 bridgehead atoms. The van der Waals surface area contributed by atoms with Crippen LogP contribution in [0.3, 0.4) is 0 Å². The zero-order chi connectivity index (χ0) is 11.4. The lowest BCUT2D eigenvalue weighted by Crippen LogP contribution is -2.05. The summed E-state index contributed by atoms with van der Waals surface area (Å²) in [5.74, 6) is -0.387. The Balaban J connectivity index is 1.98. The topological polar surface area (TPSA) is 65.2 Å². The number of esters is 1. The second-order valence-electron chi connectivity index (χ2n) is 3.13. The van der Waals surface area contributed by atoms with Crippen LogP contribution in [0.15, 0.2) is 35.8 Å². The van der Waals surface area contributed by atoms with Gasteiger partial charge in [0, 0.05) is 17.3 Å². The molecule has 0 fully saturated rings. The zero-order valence-corrected chi connectivity index (χ0v) is 9.24. The van der Waals surface area contributed by atoms with Crippen molar-refractivity contribution in [2.75, 3.05) is 5.73 Å². The number of nitrogens with two attached hydrogens (primary N) is 1. The number of hydrogen-bond donors (Lipinski definition) is 1. The van der Waals surface area contributed by atoms with E-state index >= 15 is 0 Å². The number of carbonyl (C=O) groups is 1. The maximum Gasteiger partial charge on any atom is 0.338 e. The summed E-state index contributed by atoms with van der Waals surface area (Å²) in [5, 5.41) is 2.61. The Morgan fingerprint density at radius 1 is 1.50 bits per heavy atom. The van der Waals surface area contributed by atoms with Crippen LogP contribution in [0.5, 0.6) is 0 Å². The monoisotopic (exact) mass is 234 g/mol. The van der Waals surface area contributed by atoms with Gasteiger partial charge in [-0.3, -0.25) is 0 Å². The Morgan fingerprint density at radius 2 is 2.38 bits per heavy atom. The van der Waals surface area contributed by atoms with E-state index in [1.165, 1.54) is 11.3 Å². The average molecular weight is 234 g/mol. The van der Waals surface area contributed by atoms with E-state index in [-0.39, 0.29) is 12.6 Å². The molecule has 0 radical (unpaired) electrons. The third-order valence-electron chi connectivity index (χ3n) is 1.93. The van der Waals surface area contributed by atoms with Crippen molar-refractivity contribution in [1.82, 2.24) is 4.98 Å². The van der Waals surface area contributed by atoms with Crippen LogP contribution in [0.2, 0.25) is 0 Å². The van der Waals surface area contributed by atoms with Gasteiger partial charge in [0.15, 0.2) is 0 Å². The second-order valence-corrected chi connectivity index (χ2v) is 4.11. The molecule has 0 unspecified atom stereocenters. The first-order valence-corrected chi connectivity index (χ1v) is 5.55. The second kappa shape index (κ2) is 4.76. The van der Waals surface area contributed by atoms with Crippen molar-refractivity contribution >= 4 is 23.0 Å².